The molecule has 2 aliphatic heterocycles. The fourth-order valence-electron chi connectivity index (χ4n) is 5.04. The van der Waals surface area contributed by atoms with Gasteiger partial charge in [-0.05, 0) is 62.8 Å². The van der Waals surface area contributed by atoms with Crippen LogP contribution in [0.1, 0.15) is 68.1 Å². The number of aliphatic hydroxyl groups is 1. The van der Waals surface area contributed by atoms with Crippen molar-refractivity contribution >= 4 is 11.6 Å². The van der Waals surface area contributed by atoms with Gasteiger partial charge in [-0.15, -0.1) is 0 Å². The van der Waals surface area contributed by atoms with E-state index in [4.69, 9.17) is 0 Å². The maximum absolute atomic E-state index is 12.7. The van der Waals surface area contributed by atoms with Gasteiger partial charge in [0.2, 0.25) is 0 Å². The lowest BCUT2D eigenvalue weighted by atomic mass is 9.93. The molecule has 3 fully saturated rings. The molecule has 0 aromatic heterocycles. The Kier molecular flexibility index (Phi) is 6.53. The lowest BCUT2D eigenvalue weighted by molar-refractivity contribution is 0.0474. The molecule has 0 spiro atoms. The van der Waals surface area contributed by atoms with Crippen LogP contribution in [0.5, 0.6) is 0 Å². The van der Waals surface area contributed by atoms with Crippen molar-refractivity contribution in [3.63, 3.8) is 0 Å². The molecule has 1 aromatic carbocycles. The highest BCUT2D eigenvalue weighted by Crippen LogP contribution is 2.24. The molecule has 1 atom stereocenters. The minimum absolute atomic E-state index is 0.0423. The summed E-state index contributed by atoms with van der Waals surface area (Å²) in [5, 5.41) is 13.7. The first-order valence-electron chi connectivity index (χ1n) is 11.3. The monoisotopic (exact) mass is 385 g/mol. The summed E-state index contributed by atoms with van der Waals surface area (Å²) in [5.74, 6) is 0.0423. The molecule has 1 saturated carbocycles. The standard InChI is InChI=1S/C23H35N3O2/c27-22-7-4-14-26(17-22)23(28)18-8-10-21(11-9-18)25-15-12-20(13-16-25)24-19-5-2-1-3-6-19/h8-11,19-20,22,24,27H,1-7,12-17H2. The van der Waals surface area contributed by atoms with E-state index in [0.717, 1.165) is 44.1 Å². The number of aliphatic hydroxyl groups excluding tert-OH is 1. The summed E-state index contributed by atoms with van der Waals surface area (Å²) < 4.78 is 0. The van der Waals surface area contributed by atoms with E-state index in [9.17, 15) is 9.90 Å². The van der Waals surface area contributed by atoms with Crippen molar-refractivity contribution in [2.75, 3.05) is 31.1 Å². The van der Waals surface area contributed by atoms with Crippen LogP contribution in [0.4, 0.5) is 5.69 Å². The summed E-state index contributed by atoms with van der Waals surface area (Å²) >= 11 is 0. The molecule has 154 valence electrons. The number of piperidine rings is 2. The molecule has 3 aliphatic rings. The van der Waals surface area contributed by atoms with Crippen molar-refractivity contribution in [1.29, 1.82) is 0 Å². The Morgan fingerprint density at radius 3 is 2.21 bits per heavy atom. The number of amides is 1. The van der Waals surface area contributed by atoms with Gasteiger partial charge < -0.3 is 20.2 Å². The summed E-state index contributed by atoms with van der Waals surface area (Å²) in [4.78, 5) is 16.9. The van der Waals surface area contributed by atoms with Gasteiger partial charge in [0.1, 0.15) is 0 Å². The maximum atomic E-state index is 12.7. The Bertz CT molecular complexity index is 634. The van der Waals surface area contributed by atoms with E-state index in [1.165, 1.54) is 50.6 Å². The largest absolute Gasteiger partial charge is 0.391 e. The molecule has 2 saturated heterocycles. The summed E-state index contributed by atoms with van der Waals surface area (Å²) in [6.07, 6.45) is 10.6. The van der Waals surface area contributed by atoms with Gasteiger partial charge in [0.15, 0.2) is 0 Å². The van der Waals surface area contributed by atoms with Crippen LogP contribution >= 0.6 is 0 Å². The molecule has 1 amide bonds. The van der Waals surface area contributed by atoms with Crippen molar-refractivity contribution in [3.8, 4) is 0 Å². The lowest BCUT2D eigenvalue weighted by Gasteiger charge is -2.36. The fourth-order valence-corrected chi connectivity index (χ4v) is 5.04. The molecule has 2 N–H and O–H groups in total. The number of carbonyl (C=O) groups excluding carboxylic acids is 1. The van der Waals surface area contributed by atoms with Crippen LogP contribution in [-0.4, -0.2) is 60.3 Å². The molecular weight excluding hydrogens is 350 g/mol. The summed E-state index contributed by atoms with van der Waals surface area (Å²) in [5.41, 5.74) is 1.94. The SMILES string of the molecule is O=C(c1ccc(N2CCC(NC3CCCCC3)CC2)cc1)N1CCCC(O)C1. The topological polar surface area (TPSA) is 55.8 Å². The molecular formula is C23H35N3O2. The lowest BCUT2D eigenvalue weighted by Crippen LogP contribution is -2.46. The molecule has 1 aromatic rings. The number of rotatable bonds is 4. The number of β-amino-alcohol motifs (C(OH)–C–C–N with tert-alkyl or cyclic N) is 1. The number of anilines is 1. The average molecular weight is 386 g/mol. The second kappa shape index (κ2) is 9.27. The molecule has 0 radical (unpaired) electrons. The molecule has 4 rings (SSSR count). The molecule has 1 aliphatic carbocycles. The van der Waals surface area contributed by atoms with Gasteiger partial charge in [-0.3, -0.25) is 4.79 Å². The number of nitrogens with one attached hydrogen (secondary N) is 1. The first kappa shape index (κ1) is 19.7. The molecule has 28 heavy (non-hydrogen) atoms. The van der Waals surface area contributed by atoms with Crippen molar-refractivity contribution in [2.24, 2.45) is 0 Å². The number of benzene rings is 1. The number of likely N-dealkylation sites (tertiary alicyclic amines) is 1. The van der Waals surface area contributed by atoms with Crippen LogP contribution in [0.25, 0.3) is 0 Å². The molecule has 1 unspecified atom stereocenters. The van der Waals surface area contributed by atoms with E-state index < -0.39 is 0 Å². The highest BCUT2D eigenvalue weighted by atomic mass is 16.3. The molecule has 5 nitrogen and oxygen atoms in total. The van der Waals surface area contributed by atoms with Gasteiger partial charge in [0, 0.05) is 49.5 Å². The van der Waals surface area contributed by atoms with Crippen molar-refractivity contribution in [2.45, 2.75) is 76.0 Å². The quantitative estimate of drug-likeness (QED) is 0.836. The summed E-state index contributed by atoms with van der Waals surface area (Å²) in [7, 11) is 0. The summed E-state index contributed by atoms with van der Waals surface area (Å²) in [6.45, 7) is 3.37. The van der Waals surface area contributed by atoms with E-state index in [1.54, 1.807) is 4.90 Å². The fraction of sp³-hybridized carbons (Fsp3) is 0.696. The minimum Gasteiger partial charge on any atom is -0.391 e. The number of nitrogens with zero attached hydrogens (tertiary/aromatic N) is 2. The minimum atomic E-state index is -0.375. The second-order valence-electron chi connectivity index (χ2n) is 8.86. The molecule has 5 heteroatoms. The first-order valence-corrected chi connectivity index (χ1v) is 11.3. The van der Waals surface area contributed by atoms with Crippen LogP contribution in [0.3, 0.4) is 0 Å². The van der Waals surface area contributed by atoms with E-state index in [2.05, 4.69) is 22.3 Å². The van der Waals surface area contributed by atoms with Gasteiger partial charge in [0.25, 0.3) is 5.91 Å². The molecule has 0 bridgehead atoms. The Balaban J connectivity index is 1.28. The van der Waals surface area contributed by atoms with Crippen LogP contribution in [-0.2, 0) is 0 Å². The maximum Gasteiger partial charge on any atom is 0.253 e. The van der Waals surface area contributed by atoms with Gasteiger partial charge in [0.05, 0.1) is 6.10 Å². The number of hydrogen-bond donors (Lipinski definition) is 2. The summed E-state index contributed by atoms with van der Waals surface area (Å²) in [6, 6.07) is 9.47. The third-order valence-corrected chi connectivity index (χ3v) is 6.73. The average Bonchev–Trinajstić information content (AvgIpc) is 2.75. The Morgan fingerprint density at radius 2 is 1.54 bits per heavy atom. The van der Waals surface area contributed by atoms with Gasteiger partial charge in [-0.2, -0.15) is 0 Å². The third-order valence-electron chi connectivity index (χ3n) is 6.73. The van der Waals surface area contributed by atoms with Gasteiger partial charge in [-0.25, -0.2) is 0 Å². The van der Waals surface area contributed by atoms with Crippen LogP contribution in [0.15, 0.2) is 24.3 Å². The zero-order valence-electron chi connectivity index (χ0n) is 17.0. The van der Waals surface area contributed by atoms with Gasteiger partial charge in [-0.1, -0.05) is 19.3 Å². The number of hydrogen-bond acceptors (Lipinski definition) is 4. The Labute approximate surface area is 169 Å². The highest BCUT2D eigenvalue weighted by Gasteiger charge is 2.25. The van der Waals surface area contributed by atoms with Crippen molar-refractivity contribution < 1.29 is 9.90 Å². The van der Waals surface area contributed by atoms with Crippen molar-refractivity contribution in [1.82, 2.24) is 10.2 Å². The van der Waals surface area contributed by atoms with Crippen molar-refractivity contribution in [3.05, 3.63) is 29.8 Å². The predicted octanol–water partition coefficient (Wildman–Crippen LogP) is 3.17. The zero-order valence-corrected chi connectivity index (χ0v) is 17.0. The first-order chi connectivity index (χ1) is 13.7. The Hall–Kier alpha value is -1.59. The second-order valence-corrected chi connectivity index (χ2v) is 8.86. The van der Waals surface area contributed by atoms with Gasteiger partial charge >= 0.3 is 0 Å². The van der Waals surface area contributed by atoms with E-state index in [-0.39, 0.29) is 12.0 Å². The Morgan fingerprint density at radius 1 is 0.857 bits per heavy atom. The normalized spacial score (nSPS) is 25.1. The van der Waals surface area contributed by atoms with Crippen LogP contribution in [0.2, 0.25) is 0 Å². The zero-order chi connectivity index (χ0) is 19.3. The number of carbonyl (C=O) groups is 1. The highest BCUT2D eigenvalue weighted by molar-refractivity contribution is 5.94. The van der Waals surface area contributed by atoms with Crippen LogP contribution < -0.4 is 10.2 Å². The van der Waals surface area contributed by atoms with E-state index >= 15 is 0 Å². The smallest absolute Gasteiger partial charge is 0.253 e. The van der Waals surface area contributed by atoms with E-state index in [0.29, 0.717) is 12.6 Å². The predicted molar refractivity (Wildman–Crippen MR) is 113 cm³/mol. The third kappa shape index (κ3) is 4.87. The van der Waals surface area contributed by atoms with E-state index in [1.807, 2.05) is 12.1 Å². The van der Waals surface area contributed by atoms with Crippen LogP contribution in [0, 0.1) is 0 Å². The molecule has 2 heterocycles.